The van der Waals surface area contributed by atoms with Gasteiger partial charge in [-0.3, -0.25) is 4.98 Å². The van der Waals surface area contributed by atoms with Gasteiger partial charge in [0.15, 0.2) is 17.2 Å². The molecule has 0 amide bonds. The molecular formula is C18H13ClF2N2O5. The van der Waals surface area contributed by atoms with Gasteiger partial charge in [-0.25, -0.2) is 9.79 Å². The van der Waals surface area contributed by atoms with Gasteiger partial charge in [-0.2, -0.15) is 8.78 Å². The summed E-state index contributed by atoms with van der Waals surface area (Å²) in [6, 6.07) is 5.86. The standard InChI is InChI=1S/C18H13ClF2N2O5/c1-25-13-6-9(7-14(26-2)15(13)27-18(20)21)5-12-17(24)28-16(23-12)11-8-10(19)3-4-22-11/h3-8,18H,1-2H3/b12-5-. The maximum atomic E-state index is 12.6. The highest BCUT2D eigenvalue weighted by molar-refractivity contribution is 6.31. The number of cyclic esters (lactones) is 1. The number of hydrogen-bond donors (Lipinski definition) is 0. The third kappa shape index (κ3) is 4.20. The average Bonchev–Trinajstić information content (AvgIpc) is 3.02. The van der Waals surface area contributed by atoms with Gasteiger partial charge in [0.1, 0.15) is 5.69 Å². The Bertz CT molecular complexity index is 953. The average molecular weight is 411 g/mol. The van der Waals surface area contributed by atoms with Gasteiger partial charge in [-0.1, -0.05) is 11.6 Å². The number of nitrogens with zero attached hydrogens (tertiary/aromatic N) is 2. The van der Waals surface area contributed by atoms with Gasteiger partial charge in [-0.05, 0) is 35.9 Å². The first-order valence-corrected chi connectivity index (χ1v) is 8.14. The Morgan fingerprint density at radius 1 is 1.18 bits per heavy atom. The van der Waals surface area contributed by atoms with Crippen molar-refractivity contribution in [3.63, 3.8) is 0 Å². The zero-order chi connectivity index (χ0) is 20.3. The molecule has 0 bridgehead atoms. The van der Waals surface area contributed by atoms with E-state index in [1.54, 1.807) is 6.07 Å². The van der Waals surface area contributed by atoms with Crippen LogP contribution in [0.2, 0.25) is 5.02 Å². The van der Waals surface area contributed by atoms with Crippen LogP contribution in [-0.4, -0.2) is 37.7 Å². The number of alkyl halides is 2. The molecule has 0 saturated carbocycles. The minimum absolute atomic E-state index is 0.00132. The first-order valence-electron chi connectivity index (χ1n) is 7.76. The number of halogens is 3. The number of carbonyl (C=O) groups excluding carboxylic acids is 1. The molecule has 1 aromatic heterocycles. The van der Waals surface area contributed by atoms with Gasteiger partial charge in [0.05, 0.1) is 14.2 Å². The monoisotopic (exact) mass is 410 g/mol. The zero-order valence-electron chi connectivity index (χ0n) is 14.6. The fraction of sp³-hybridized carbons (Fsp3) is 0.167. The second-order valence-corrected chi connectivity index (χ2v) is 5.76. The molecule has 10 heteroatoms. The topological polar surface area (TPSA) is 79.2 Å². The van der Waals surface area contributed by atoms with Crippen molar-refractivity contribution in [3.8, 4) is 17.2 Å². The number of aromatic nitrogens is 1. The molecule has 1 aliphatic rings. The molecule has 2 heterocycles. The molecule has 146 valence electrons. The Labute approximate surface area is 163 Å². The lowest BCUT2D eigenvalue weighted by Gasteiger charge is -2.14. The summed E-state index contributed by atoms with van der Waals surface area (Å²) in [4.78, 5) is 20.3. The minimum atomic E-state index is -3.06. The summed E-state index contributed by atoms with van der Waals surface area (Å²) in [5.41, 5.74) is 0.662. The Kier molecular flexibility index (Phi) is 5.74. The molecule has 0 spiro atoms. The van der Waals surface area contributed by atoms with Gasteiger partial charge in [0, 0.05) is 11.2 Å². The van der Waals surface area contributed by atoms with E-state index in [0.717, 1.165) is 0 Å². The smallest absolute Gasteiger partial charge is 0.387 e. The molecule has 0 unspecified atom stereocenters. The van der Waals surface area contributed by atoms with E-state index in [4.69, 9.17) is 25.8 Å². The second kappa shape index (κ2) is 8.22. The molecule has 2 aromatic rings. The normalized spacial score (nSPS) is 14.9. The largest absolute Gasteiger partial charge is 0.493 e. The van der Waals surface area contributed by atoms with Crippen molar-refractivity contribution in [1.29, 1.82) is 0 Å². The lowest BCUT2D eigenvalue weighted by molar-refractivity contribution is -0.129. The molecule has 28 heavy (non-hydrogen) atoms. The Morgan fingerprint density at radius 2 is 1.86 bits per heavy atom. The van der Waals surface area contributed by atoms with Crippen LogP contribution in [0.25, 0.3) is 6.08 Å². The summed E-state index contributed by atoms with van der Waals surface area (Å²) < 4.78 is 45.0. The van der Waals surface area contributed by atoms with E-state index in [9.17, 15) is 13.6 Å². The van der Waals surface area contributed by atoms with E-state index in [1.807, 2.05) is 0 Å². The second-order valence-electron chi connectivity index (χ2n) is 5.33. The molecule has 0 atom stereocenters. The predicted molar refractivity (Wildman–Crippen MR) is 96.0 cm³/mol. The van der Waals surface area contributed by atoms with Crippen molar-refractivity contribution in [2.24, 2.45) is 4.99 Å². The first-order chi connectivity index (χ1) is 13.4. The summed E-state index contributed by atoms with van der Waals surface area (Å²) in [7, 11) is 2.57. The van der Waals surface area contributed by atoms with Gasteiger partial charge in [0.25, 0.3) is 0 Å². The molecule has 0 radical (unpaired) electrons. The number of carbonyl (C=O) groups is 1. The van der Waals surface area contributed by atoms with Crippen LogP contribution in [0, 0.1) is 0 Å². The van der Waals surface area contributed by atoms with E-state index < -0.39 is 12.6 Å². The Hall–Kier alpha value is -3.20. The molecule has 1 aliphatic heterocycles. The van der Waals surface area contributed by atoms with E-state index in [2.05, 4.69) is 14.7 Å². The fourth-order valence-corrected chi connectivity index (χ4v) is 2.55. The molecular weight excluding hydrogens is 398 g/mol. The molecule has 0 saturated heterocycles. The van der Waals surface area contributed by atoms with Crippen LogP contribution in [0.5, 0.6) is 17.2 Å². The van der Waals surface area contributed by atoms with E-state index in [-0.39, 0.29) is 28.8 Å². The third-order valence-electron chi connectivity index (χ3n) is 3.55. The molecule has 0 fully saturated rings. The van der Waals surface area contributed by atoms with Crippen LogP contribution in [0.4, 0.5) is 8.78 Å². The fourth-order valence-electron chi connectivity index (χ4n) is 2.39. The van der Waals surface area contributed by atoms with Crippen molar-refractivity contribution in [2.75, 3.05) is 14.2 Å². The van der Waals surface area contributed by atoms with E-state index in [1.165, 1.54) is 44.7 Å². The van der Waals surface area contributed by atoms with Gasteiger partial charge >= 0.3 is 12.6 Å². The summed E-state index contributed by atoms with van der Waals surface area (Å²) >= 11 is 5.90. The van der Waals surface area contributed by atoms with Crippen molar-refractivity contribution in [2.45, 2.75) is 6.61 Å². The number of benzene rings is 1. The van der Waals surface area contributed by atoms with Gasteiger partial charge < -0.3 is 18.9 Å². The lowest BCUT2D eigenvalue weighted by atomic mass is 10.1. The highest BCUT2D eigenvalue weighted by atomic mass is 35.5. The zero-order valence-corrected chi connectivity index (χ0v) is 15.4. The number of ether oxygens (including phenoxy) is 4. The highest BCUT2D eigenvalue weighted by Crippen LogP contribution is 2.40. The van der Waals surface area contributed by atoms with Gasteiger partial charge in [-0.15, -0.1) is 0 Å². The van der Waals surface area contributed by atoms with Crippen LogP contribution >= 0.6 is 11.6 Å². The van der Waals surface area contributed by atoms with Crippen LogP contribution in [0.3, 0.4) is 0 Å². The van der Waals surface area contributed by atoms with Crippen molar-refractivity contribution in [3.05, 3.63) is 52.4 Å². The van der Waals surface area contributed by atoms with Crippen LogP contribution < -0.4 is 14.2 Å². The number of rotatable bonds is 6. The predicted octanol–water partition coefficient (Wildman–Crippen LogP) is 3.70. The van der Waals surface area contributed by atoms with Crippen LogP contribution in [0.1, 0.15) is 11.3 Å². The van der Waals surface area contributed by atoms with E-state index in [0.29, 0.717) is 16.3 Å². The molecule has 0 aliphatic carbocycles. The molecule has 1 aromatic carbocycles. The first kappa shape index (κ1) is 19.6. The maximum Gasteiger partial charge on any atom is 0.387 e. The quantitative estimate of drug-likeness (QED) is 0.533. The van der Waals surface area contributed by atoms with Crippen molar-refractivity contribution >= 4 is 29.5 Å². The summed E-state index contributed by atoms with van der Waals surface area (Å²) in [6.07, 6.45) is 2.84. The van der Waals surface area contributed by atoms with E-state index >= 15 is 0 Å². The van der Waals surface area contributed by atoms with Crippen LogP contribution in [-0.2, 0) is 9.53 Å². The Morgan fingerprint density at radius 3 is 2.43 bits per heavy atom. The summed E-state index contributed by atoms with van der Waals surface area (Å²) in [5, 5.41) is 0.408. The number of pyridine rings is 1. The molecule has 3 rings (SSSR count). The van der Waals surface area contributed by atoms with Crippen LogP contribution in [0.15, 0.2) is 41.2 Å². The third-order valence-corrected chi connectivity index (χ3v) is 3.79. The number of hydrogen-bond acceptors (Lipinski definition) is 7. The number of esters is 1. The highest BCUT2D eigenvalue weighted by Gasteiger charge is 2.26. The SMILES string of the molecule is COc1cc(/C=C2\N=C(c3cc(Cl)ccn3)OC2=O)cc(OC)c1OC(F)F. The molecule has 0 N–H and O–H groups in total. The number of methoxy groups -OCH3 is 2. The van der Waals surface area contributed by atoms with Crippen molar-refractivity contribution < 1.29 is 32.5 Å². The summed E-state index contributed by atoms with van der Waals surface area (Å²) in [6.45, 7) is -3.06. The van der Waals surface area contributed by atoms with Crippen molar-refractivity contribution in [1.82, 2.24) is 4.98 Å². The maximum absolute atomic E-state index is 12.6. The lowest BCUT2D eigenvalue weighted by Crippen LogP contribution is -2.07. The summed E-state index contributed by atoms with van der Waals surface area (Å²) in [5.74, 6) is -0.974. The Balaban J connectivity index is 1.99. The minimum Gasteiger partial charge on any atom is -0.493 e. The van der Waals surface area contributed by atoms with Gasteiger partial charge in [0.2, 0.25) is 11.6 Å². The molecule has 7 nitrogen and oxygen atoms in total. The number of aliphatic imine (C=N–C) groups is 1.